The van der Waals surface area contributed by atoms with E-state index in [0.717, 1.165) is 27.9 Å². The van der Waals surface area contributed by atoms with Crippen molar-refractivity contribution in [1.82, 2.24) is 19.5 Å². The summed E-state index contributed by atoms with van der Waals surface area (Å²) in [6.45, 7) is 0. The van der Waals surface area contributed by atoms with Crippen LogP contribution in [0.25, 0.3) is 126 Å². The SMILES string of the molecule is c1ccc(-c2nc(-c3ccccc3)nc(-c3ccc4c(sc5ccccc54)c3-n3c4cccc5c4c4c6c(cccc6c6ccccc6c43)-c3ccccc3-5)n2)cc1. The van der Waals surface area contributed by atoms with E-state index in [1.807, 2.05) is 47.7 Å². The van der Waals surface area contributed by atoms with E-state index in [0.29, 0.717) is 17.5 Å². The van der Waals surface area contributed by atoms with Crippen molar-refractivity contribution in [2.24, 2.45) is 0 Å². The van der Waals surface area contributed by atoms with E-state index >= 15 is 0 Å². The zero-order valence-corrected chi connectivity index (χ0v) is 31.8. The standard InChI is InChI=1S/C53H30N4S/c1-3-15-31(16-4-1)51-54-52(32-17-5-2-6-18-32)56-53(55-51)42-30-29-41-36-22-11-12-28-44(36)58-50(41)49(42)57-43-27-14-26-39-34-20-8-7-19-33(34)37-24-13-25-38-35-21-9-10-23-40(35)48(57)47(45(37)38)46(39)43/h1-30H. The van der Waals surface area contributed by atoms with Crippen molar-refractivity contribution in [2.45, 2.75) is 0 Å². The summed E-state index contributed by atoms with van der Waals surface area (Å²) in [5.41, 5.74) is 11.3. The van der Waals surface area contributed by atoms with E-state index in [1.165, 1.54) is 80.3 Å². The fourth-order valence-electron chi connectivity index (χ4n) is 9.55. The number of aromatic nitrogens is 4. The van der Waals surface area contributed by atoms with Gasteiger partial charge in [0.05, 0.1) is 21.4 Å². The lowest BCUT2D eigenvalue weighted by Gasteiger charge is -2.18. The lowest BCUT2D eigenvalue weighted by atomic mass is 9.91. The third-order valence-corrected chi connectivity index (χ3v) is 13.2. The molecule has 1 aliphatic carbocycles. The predicted molar refractivity (Wildman–Crippen MR) is 243 cm³/mol. The molecule has 0 saturated heterocycles. The molecule has 0 fully saturated rings. The number of hydrogen-bond donors (Lipinski definition) is 0. The molecule has 0 N–H and O–H groups in total. The summed E-state index contributed by atoms with van der Waals surface area (Å²) in [5.74, 6) is 1.92. The highest BCUT2D eigenvalue weighted by Gasteiger charge is 2.29. The number of rotatable bonds is 4. The topological polar surface area (TPSA) is 43.6 Å². The molecule has 58 heavy (non-hydrogen) atoms. The first kappa shape index (κ1) is 31.7. The Kier molecular flexibility index (Phi) is 6.57. The van der Waals surface area contributed by atoms with E-state index < -0.39 is 0 Å². The number of thiophene rings is 1. The smallest absolute Gasteiger partial charge is 0.166 e. The van der Waals surface area contributed by atoms with Gasteiger partial charge in [0.25, 0.3) is 0 Å². The van der Waals surface area contributed by atoms with Crippen molar-refractivity contribution in [1.29, 1.82) is 0 Å². The van der Waals surface area contributed by atoms with Crippen LogP contribution in [0.3, 0.4) is 0 Å². The Balaban J connectivity index is 1.26. The molecule has 3 aromatic heterocycles. The molecule has 0 atom stereocenters. The fraction of sp³-hybridized carbons (Fsp3) is 0. The lowest BCUT2D eigenvalue weighted by molar-refractivity contribution is 1.07. The number of nitrogens with zero attached hydrogens (tertiary/aromatic N) is 4. The Morgan fingerprint density at radius 2 is 0.897 bits per heavy atom. The van der Waals surface area contributed by atoms with Crippen LogP contribution in [0.15, 0.2) is 182 Å². The van der Waals surface area contributed by atoms with Crippen LogP contribution in [0.5, 0.6) is 0 Å². The molecule has 1 aliphatic rings. The fourth-order valence-corrected chi connectivity index (χ4v) is 10.8. The Labute approximate surface area is 337 Å². The maximum Gasteiger partial charge on any atom is 0.166 e. The molecule has 268 valence electrons. The second-order valence-corrected chi connectivity index (χ2v) is 16.1. The molecule has 0 saturated carbocycles. The molecule has 12 aromatic rings. The molecule has 13 rings (SSSR count). The highest BCUT2D eigenvalue weighted by Crippen LogP contribution is 2.53. The molecule has 3 heterocycles. The Hall–Kier alpha value is -7.47. The van der Waals surface area contributed by atoms with Crippen molar-refractivity contribution < 1.29 is 0 Å². The van der Waals surface area contributed by atoms with E-state index in [-0.39, 0.29) is 0 Å². The molecule has 0 amide bonds. The maximum absolute atomic E-state index is 5.34. The van der Waals surface area contributed by atoms with Gasteiger partial charge < -0.3 is 4.57 Å². The van der Waals surface area contributed by atoms with Crippen LogP contribution in [0.4, 0.5) is 0 Å². The van der Waals surface area contributed by atoms with E-state index in [1.54, 1.807) is 0 Å². The number of fused-ring (bicyclic) bond motifs is 9. The maximum atomic E-state index is 5.34. The first-order valence-electron chi connectivity index (χ1n) is 19.6. The molecule has 0 spiro atoms. The van der Waals surface area contributed by atoms with Gasteiger partial charge in [0.15, 0.2) is 17.5 Å². The van der Waals surface area contributed by atoms with Gasteiger partial charge in [-0.2, -0.15) is 0 Å². The van der Waals surface area contributed by atoms with Crippen LogP contribution in [0.2, 0.25) is 0 Å². The molecule has 0 unspecified atom stereocenters. The summed E-state index contributed by atoms with van der Waals surface area (Å²) >= 11 is 1.84. The van der Waals surface area contributed by atoms with Gasteiger partial charge in [-0.25, -0.2) is 15.0 Å². The largest absolute Gasteiger partial charge is 0.306 e. The van der Waals surface area contributed by atoms with Crippen molar-refractivity contribution in [2.75, 3.05) is 0 Å². The van der Waals surface area contributed by atoms with Gasteiger partial charge in [0.2, 0.25) is 0 Å². The van der Waals surface area contributed by atoms with Crippen molar-refractivity contribution in [3.63, 3.8) is 0 Å². The third kappa shape index (κ3) is 4.36. The van der Waals surface area contributed by atoms with Crippen LogP contribution in [0, 0.1) is 0 Å². The summed E-state index contributed by atoms with van der Waals surface area (Å²) in [6.07, 6.45) is 0. The minimum atomic E-state index is 0.636. The van der Waals surface area contributed by atoms with E-state index in [4.69, 9.17) is 15.0 Å². The summed E-state index contributed by atoms with van der Waals surface area (Å²) in [7, 11) is 0. The van der Waals surface area contributed by atoms with Gasteiger partial charge in [-0.1, -0.05) is 164 Å². The third-order valence-electron chi connectivity index (χ3n) is 12.0. The molecule has 0 radical (unpaired) electrons. The highest BCUT2D eigenvalue weighted by molar-refractivity contribution is 7.26. The first-order chi connectivity index (χ1) is 28.8. The van der Waals surface area contributed by atoms with Gasteiger partial charge in [0, 0.05) is 53.7 Å². The van der Waals surface area contributed by atoms with E-state index in [2.05, 4.69) is 150 Å². The van der Waals surface area contributed by atoms with Crippen molar-refractivity contribution in [3.05, 3.63) is 182 Å². The predicted octanol–water partition coefficient (Wildman–Crippen LogP) is 14.3. The van der Waals surface area contributed by atoms with Gasteiger partial charge in [-0.15, -0.1) is 11.3 Å². The summed E-state index contributed by atoms with van der Waals surface area (Å²) in [6, 6.07) is 65.3. The second-order valence-electron chi connectivity index (χ2n) is 15.1. The van der Waals surface area contributed by atoms with Gasteiger partial charge in [0.1, 0.15) is 0 Å². The van der Waals surface area contributed by atoms with Crippen LogP contribution in [0.1, 0.15) is 0 Å². The Bertz CT molecular complexity index is 3620. The molecular formula is C53H30N4S. The number of benzene rings is 9. The van der Waals surface area contributed by atoms with Crippen LogP contribution in [-0.2, 0) is 0 Å². The number of hydrogen-bond acceptors (Lipinski definition) is 4. The quantitative estimate of drug-likeness (QED) is 0.168. The Morgan fingerprint density at radius 1 is 0.345 bits per heavy atom. The average Bonchev–Trinajstić information content (AvgIpc) is 3.82. The van der Waals surface area contributed by atoms with Gasteiger partial charge in [-0.05, 0) is 51.2 Å². The van der Waals surface area contributed by atoms with Crippen LogP contribution >= 0.6 is 11.3 Å². The monoisotopic (exact) mass is 754 g/mol. The second kappa shape index (κ2) is 12.0. The first-order valence-corrected chi connectivity index (χ1v) is 20.4. The minimum absolute atomic E-state index is 0.636. The summed E-state index contributed by atoms with van der Waals surface area (Å²) in [5, 5.41) is 10.0. The molecular weight excluding hydrogens is 725 g/mol. The molecule has 0 bridgehead atoms. The highest BCUT2D eigenvalue weighted by atomic mass is 32.1. The summed E-state index contributed by atoms with van der Waals surface area (Å²) < 4.78 is 5.00. The zero-order valence-electron chi connectivity index (χ0n) is 31.0. The summed E-state index contributed by atoms with van der Waals surface area (Å²) in [4.78, 5) is 15.8. The van der Waals surface area contributed by atoms with Crippen LogP contribution < -0.4 is 0 Å². The van der Waals surface area contributed by atoms with Gasteiger partial charge >= 0.3 is 0 Å². The van der Waals surface area contributed by atoms with E-state index in [9.17, 15) is 0 Å². The molecule has 0 aliphatic heterocycles. The molecule has 4 nitrogen and oxygen atoms in total. The zero-order chi connectivity index (χ0) is 37.9. The lowest BCUT2D eigenvalue weighted by Crippen LogP contribution is -2.04. The molecule has 5 heteroatoms. The average molecular weight is 755 g/mol. The van der Waals surface area contributed by atoms with Gasteiger partial charge in [-0.3, -0.25) is 0 Å². The molecule has 9 aromatic carbocycles. The van der Waals surface area contributed by atoms with Crippen molar-refractivity contribution >= 4 is 74.9 Å². The minimum Gasteiger partial charge on any atom is -0.306 e. The van der Waals surface area contributed by atoms with Crippen LogP contribution in [-0.4, -0.2) is 19.5 Å². The Morgan fingerprint density at radius 3 is 1.62 bits per heavy atom. The normalized spacial score (nSPS) is 12.1. The van der Waals surface area contributed by atoms with Crippen molar-refractivity contribution in [3.8, 4) is 62.1 Å².